The summed E-state index contributed by atoms with van der Waals surface area (Å²) in [6.07, 6.45) is 1.48. The van der Waals surface area contributed by atoms with Crippen LogP contribution >= 0.6 is 0 Å². The van der Waals surface area contributed by atoms with Gasteiger partial charge in [0.15, 0.2) is 5.78 Å². The van der Waals surface area contributed by atoms with Crippen LogP contribution in [0.15, 0.2) is 24.3 Å². The Balaban J connectivity index is 2.69. The van der Waals surface area contributed by atoms with Crippen molar-refractivity contribution in [2.75, 3.05) is 13.7 Å². The molecular weight excluding hydrogens is 200 g/mol. The van der Waals surface area contributed by atoms with Crippen molar-refractivity contribution in [3.63, 3.8) is 0 Å². The van der Waals surface area contributed by atoms with Crippen molar-refractivity contribution in [3.8, 4) is 0 Å². The number of hydrogen-bond acceptors (Lipinski definition) is 2. The molecule has 0 aliphatic rings. The third-order valence-electron chi connectivity index (χ3n) is 2.43. The molecule has 0 spiro atoms. The summed E-state index contributed by atoms with van der Waals surface area (Å²) in [5, 5.41) is 0. The summed E-state index contributed by atoms with van der Waals surface area (Å²) in [5.74, 6) is 0.775. The van der Waals surface area contributed by atoms with E-state index in [1.54, 1.807) is 7.11 Å². The van der Waals surface area contributed by atoms with Gasteiger partial charge in [-0.3, -0.25) is 4.79 Å². The zero-order chi connectivity index (χ0) is 12.0. The third-order valence-corrected chi connectivity index (χ3v) is 2.43. The number of carbonyl (C=O) groups excluding carboxylic acids is 1. The van der Waals surface area contributed by atoms with Gasteiger partial charge in [0.1, 0.15) is 0 Å². The van der Waals surface area contributed by atoms with Gasteiger partial charge >= 0.3 is 0 Å². The maximum atomic E-state index is 11.8. The number of rotatable bonds is 6. The lowest BCUT2D eigenvalue weighted by Crippen LogP contribution is -2.04. The molecule has 1 aromatic rings. The van der Waals surface area contributed by atoms with Gasteiger partial charge in [0.2, 0.25) is 0 Å². The molecule has 0 saturated carbocycles. The highest BCUT2D eigenvalue weighted by molar-refractivity contribution is 5.96. The lowest BCUT2D eigenvalue weighted by atomic mass is 9.99. The highest BCUT2D eigenvalue weighted by Gasteiger charge is 2.06. The van der Waals surface area contributed by atoms with Gasteiger partial charge in [0, 0.05) is 19.1 Å². The van der Waals surface area contributed by atoms with Crippen molar-refractivity contribution in [3.05, 3.63) is 35.4 Å². The summed E-state index contributed by atoms with van der Waals surface area (Å²) in [7, 11) is 1.61. The summed E-state index contributed by atoms with van der Waals surface area (Å²) in [6.45, 7) is 4.85. The molecule has 0 atom stereocenters. The lowest BCUT2D eigenvalue weighted by Gasteiger charge is -2.07. The van der Waals surface area contributed by atoms with E-state index in [9.17, 15) is 4.79 Å². The van der Waals surface area contributed by atoms with Crippen molar-refractivity contribution < 1.29 is 9.53 Å². The van der Waals surface area contributed by atoms with E-state index in [1.807, 2.05) is 18.2 Å². The zero-order valence-corrected chi connectivity index (χ0v) is 10.3. The molecule has 1 rings (SSSR count). The van der Waals surface area contributed by atoms with E-state index >= 15 is 0 Å². The molecule has 0 fully saturated rings. The Labute approximate surface area is 97.6 Å². The van der Waals surface area contributed by atoms with Gasteiger partial charge in [0.25, 0.3) is 0 Å². The predicted molar refractivity (Wildman–Crippen MR) is 65.8 cm³/mol. The Morgan fingerprint density at radius 1 is 1.38 bits per heavy atom. The minimum Gasteiger partial charge on any atom is -0.384 e. The van der Waals surface area contributed by atoms with Crippen molar-refractivity contribution in [1.29, 1.82) is 0 Å². The van der Waals surface area contributed by atoms with Crippen LogP contribution in [0.25, 0.3) is 0 Å². The molecule has 0 aliphatic heterocycles. The van der Waals surface area contributed by atoms with Gasteiger partial charge in [-0.2, -0.15) is 0 Å². The number of benzene rings is 1. The molecular formula is C14H20O2. The molecule has 0 unspecified atom stereocenters. The Morgan fingerprint density at radius 3 is 2.75 bits per heavy atom. The van der Waals surface area contributed by atoms with E-state index in [2.05, 4.69) is 19.9 Å². The summed E-state index contributed by atoms with van der Waals surface area (Å²) in [4.78, 5) is 11.8. The summed E-state index contributed by atoms with van der Waals surface area (Å²) in [6, 6.07) is 7.91. The fourth-order valence-electron chi connectivity index (χ4n) is 1.68. The van der Waals surface area contributed by atoms with E-state index in [-0.39, 0.29) is 5.78 Å². The summed E-state index contributed by atoms with van der Waals surface area (Å²) < 4.78 is 4.91. The maximum absolute atomic E-state index is 11.8. The van der Waals surface area contributed by atoms with Crippen molar-refractivity contribution in [2.45, 2.75) is 26.7 Å². The number of methoxy groups -OCH3 is 1. The molecule has 0 radical (unpaired) electrons. The number of hydrogen-bond donors (Lipinski definition) is 0. The number of Topliss-reactive ketones (excluding diaryl/α,β-unsaturated/α-hetero) is 1. The molecule has 0 N–H and O–H groups in total. The smallest absolute Gasteiger partial charge is 0.165 e. The molecule has 16 heavy (non-hydrogen) atoms. The van der Waals surface area contributed by atoms with Gasteiger partial charge < -0.3 is 4.74 Å². The molecule has 0 aromatic heterocycles. The van der Waals surface area contributed by atoms with Gasteiger partial charge in [-0.15, -0.1) is 0 Å². The molecule has 2 nitrogen and oxygen atoms in total. The molecule has 2 heteroatoms. The zero-order valence-electron chi connectivity index (χ0n) is 10.3. The average molecular weight is 220 g/mol. The quantitative estimate of drug-likeness (QED) is 0.689. The fourth-order valence-corrected chi connectivity index (χ4v) is 1.68. The van der Waals surface area contributed by atoms with Crippen LogP contribution in [-0.4, -0.2) is 19.5 Å². The van der Waals surface area contributed by atoms with Crippen LogP contribution in [0.3, 0.4) is 0 Å². The standard InChI is InChI=1S/C14H20O2/c1-11(2)9-12-5-4-6-13(10-12)14(15)7-8-16-3/h4-6,10-11H,7-9H2,1-3H3. The molecule has 0 bridgehead atoms. The highest BCUT2D eigenvalue weighted by atomic mass is 16.5. The molecule has 0 saturated heterocycles. The molecule has 0 aliphatic carbocycles. The Kier molecular flexibility index (Phi) is 5.20. The molecule has 88 valence electrons. The van der Waals surface area contributed by atoms with Gasteiger partial charge in [-0.05, 0) is 24.0 Å². The minimum atomic E-state index is 0.160. The Hall–Kier alpha value is -1.15. The van der Waals surface area contributed by atoms with Gasteiger partial charge in [0.05, 0.1) is 6.61 Å². The van der Waals surface area contributed by atoms with E-state index in [1.165, 1.54) is 5.56 Å². The van der Waals surface area contributed by atoms with E-state index in [0.717, 1.165) is 12.0 Å². The van der Waals surface area contributed by atoms with Crippen molar-refractivity contribution >= 4 is 5.78 Å². The van der Waals surface area contributed by atoms with E-state index in [0.29, 0.717) is 18.9 Å². The van der Waals surface area contributed by atoms with Crippen molar-refractivity contribution in [2.24, 2.45) is 5.92 Å². The fraction of sp³-hybridized carbons (Fsp3) is 0.500. The normalized spacial score (nSPS) is 10.8. The van der Waals surface area contributed by atoms with Gasteiger partial charge in [-0.25, -0.2) is 0 Å². The van der Waals surface area contributed by atoms with E-state index in [4.69, 9.17) is 4.74 Å². The van der Waals surface area contributed by atoms with Crippen LogP contribution < -0.4 is 0 Å². The topological polar surface area (TPSA) is 26.3 Å². The van der Waals surface area contributed by atoms with Crippen LogP contribution in [0.1, 0.15) is 36.2 Å². The lowest BCUT2D eigenvalue weighted by molar-refractivity contribution is 0.0932. The second kappa shape index (κ2) is 6.44. The minimum absolute atomic E-state index is 0.160. The van der Waals surface area contributed by atoms with Crippen LogP contribution in [0.4, 0.5) is 0 Å². The molecule has 1 aromatic carbocycles. The number of ketones is 1. The number of ether oxygens (including phenoxy) is 1. The SMILES string of the molecule is COCCC(=O)c1cccc(CC(C)C)c1. The van der Waals surface area contributed by atoms with Gasteiger partial charge in [-0.1, -0.05) is 32.0 Å². The Morgan fingerprint density at radius 2 is 2.12 bits per heavy atom. The van der Waals surface area contributed by atoms with Crippen LogP contribution in [0, 0.1) is 5.92 Å². The summed E-state index contributed by atoms with van der Waals surface area (Å²) >= 11 is 0. The second-order valence-electron chi connectivity index (χ2n) is 4.46. The first kappa shape index (κ1) is 12.9. The first-order valence-corrected chi connectivity index (χ1v) is 5.74. The largest absolute Gasteiger partial charge is 0.384 e. The van der Waals surface area contributed by atoms with Crippen LogP contribution in [0.2, 0.25) is 0 Å². The van der Waals surface area contributed by atoms with Crippen LogP contribution in [0.5, 0.6) is 0 Å². The molecule has 0 heterocycles. The van der Waals surface area contributed by atoms with Crippen LogP contribution in [-0.2, 0) is 11.2 Å². The first-order valence-electron chi connectivity index (χ1n) is 5.74. The summed E-state index contributed by atoms with van der Waals surface area (Å²) in [5.41, 5.74) is 2.04. The molecule has 0 amide bonds. The highest BCUT2D eigenvalue weighted by Crippen LogP contribution is 2.12. The third kappa shape index (κ3) is 4.15. The number of carbonyl (C=O) groups is 1. The van der Waals surface area contributed by atoms with Crippen molar-refractivity contribution in [1.82, 2.24) is 0 Å². The maximum Gasteiger partial charge on any atom is 0.165 e. The van der Waals surface area contributed by atoms with E-state index < -0.39 is 0 Å². The monoisotopic (exact) mass is 220 g/mol. The first-order chi connectivity index (χ1) is 7.63. The second-order valence-corrected chi connectivity index (χ2v) is 4.46. The average Bonchev–Trinajstić information content (AvgIpc) is 2.25. The predicted octanol–water partition coefficient (Wildman–Crippen LogP) is 3.10. The Bertz CT molecular complexity index is 342.